The summed E-state index contributed by atoms with van der Waals surface area (Å²) in [5.74, 6) is 0.715. The summed E-state index contributed by atoms with van der Waals surface area (Å²) in [5.41, 5.74) is 0. The molecular weight excluding hydrogens is 367 g/mol. The van der Waals surface area contributed by atoms with Gasteiger partial charge in [0.05, 0.1) is 0 Å². The average Bonchev–Trinajstić information content (AvgIpc) is 2.46. The van der Waals surface area contributed by atoms with Crippen molar-refractivity contribution < 1.29 is 9.53 Å². The zero-order chi connectivity index (χ0) is 14.4. The van der Waals surface area contributed by atoms with Gasteiger partial charge in [-0.3, -0.25) is 4.79 Å². The highest BCUT2D eigenvalue weighted by Crippen LogP contribution is 2.14. The molecule has 0 aliphatic carbocycles. The average molecular weight is 388 g/mol. The van der Waals surface area contributed by atoms with Crippen molar-refractivity contribution >= 4 is 28.5 Å². The number of ether oxygens (including phenoxy) is 1. The molecule has 0 atom stereocenters. The van der Waals surface area contributed by atoms with E-state index in [1.54, 1.807) is 0 Å². The van der Waals surface area contributed by atoms with Gasteiger partial charge in [0.15, 0.2) is 6.61 Å². The maximum Gasteiger partial charge on any atom is 0.258 e. The van der Waals surface area contributed by atoms with Crippen molar-refractivity contribution in [3.63, 3.8) is 0 Å². The zero-order valence-electron chi connectivity index (χ0n) is 11.8. The summed E-state index contributed by atoms with van der Waals surface area (Å²) in [6, 6.07) is 8.01. The van der Waals surface area contributed by atoms with E-state index in [0.717, 1.165) is 41.8 Å². The van der Waals surface area contributed by atoms with Gasteiger partial charge in [-0.2, -0.15) is 0 Å². The van der Waals surface area contributed by atoms with Crippen LogP contribution in [-0.2, 0) is 4.79 Å². The molecule has 0 bridgehead atoms. The summed E-state index contributed by atoms with van der Waals surface area (Å²) in [4.78, 5) is 14.3. The first kappa shape index (κ1) is 15.6. The maximum absolute atomic E-state index is 11.9. The molecule has 1 N–H and O–H groups in total. The van der Waals surface area contributed by atoms with Gasteiger partial charge in [0, 0.05) is 22.7 Å². The fourth-order valence-corrected chi connectivity index (χ4v) is 2.88. The molecule has 1 amide bonds. The first-order chi connectivity index (χ1) is 9.67. The van der Waals surface area contributed by atoms with Crippen molar-refractivity contribution in [3.8, 4) is 5.75 Å². The largest absolute Gasteiger partial charge is 0.484 e. The van der Waals surface area contributed by atoms with Crippen molar-refractivity contribution in [2.75, 3.05) is 26.2 Å². The molecule has 0 spiro atoms. The minimum absolute atomic E-state index is 0.0289. The SMILES string of the molecule is CCN1CCC(NC(=O)COc2cccc(I)c2)CC1. The van der Waals surface area contributed by atoms with E-state index in [1.165, 1.54) is 0 Å². The van der Waals surface area contributed by atoms with E-state index in [9.17, 15) is 4.79 Å². The predicted octanol–water partition coefficient (Wildman–Crippen LogP) is 2.27. The van der Waals surface area contributed by atoms with Crippen LogP contribution in [-0.4, -0.2) is 43.1 Å². The number of halogens is 1. The monoisotopic (exact) mass is 388 g/mol. The number of piperidine rings is 1. The molecule has 1 fully saturated rings. The Morgan fingerprint density at radius 2 is 2.20 bits per heavy atom. The second-order valence-corrected chi connectivity index (χ2v) is 6.27. The van der Waals surface area contributed by atoms with Crippen LogP contribution in [0.4, 0.5) is 0 Å². The normalized spacial score (nSPS) is 16.9. The van der Waals surface area contributed by atoms with E-state index in [2.05, 4.69) is 39.7 Å². The summed E-state index contributed by atoms with van der Waals surface area (Å²) in [6.07, 6.45) is 2.06. The fourth-order valence-electron chi connectivity index (χ4n) is 2.37. The lowest BCUT2D eigenvalue weighted by atomic mass is 10.1. The molecule has 2 rings (SSSR count). The Hall–Kier alpha value is -0.820. The van der Waals surface area contributed by atoms with Crippen LogP contribution in [0.3, 0.4) is 0 Å². The maximum atomic E-state index is 11.9. The number of carbonyl (C=O) groups is 1. The minimum Gasteiger partial charge on any atom is -0.484 e. The highest BCUT2D eigenvalue weighted by atomic mass is 127. The van der Waals surface area contributed by atoms with Gasteiger partial charge in [0.1, 0.15) is 5.75 Å². The quantitative estimate of drug-likeness (QED) is 0.788. The fraction of sp³-hybridized carbons (Fsp3) is 0.533. The highest BCUT2D eigenvalue weighted by molar-refractivity contribution is 14.1. The summed E-state index contributed by atoms with van der Waals surface area (Å²) < 4.78 is 6.61. The number of likely N-dealkylation sites (tertiary alicyclic amines) is 1. The Kier molecular flexibility index (Phi) is 6.09. The number of amides is 1. The zero-order valence-corrected chi connectivity index (χ0v) is 13.9. The highest BCUT2D eigenvalue weighted by Gasteiger charge is 2.19. The van der Waals surface area contributed by atoms with Crippen LogP contribution in [0, 0.1) is 3.57 Å². The molecule has 20 heavy (non-hydrogen) atoms. The molecule has 0 unspecified atom stereocenters. The van der Waals surface area contributed by atoms with E-state index < -0.39 is 0 Å². The van der Waals surface area contributed by atoms with Crippen molar-refractivity contribution in [3.05, 3.63) is 27.8 Å². The van der Waals surface area contributed by atoms with Gasteiger partial charge in [-0.15, -0.1) is 0 Å². The molecule has 5 heteroatoms. The second-order valence-electron chi connectivity index (χ2n) is 5.02. The summed E-state index contributed by atoms with van der Waals surface area (Å²) in [6.45, 7) is 5.50. The Labute approximate surface area is 134 Å². The third-order valence-corrected chi connectivity index (χ3v) is 4.24. The number of benzene rings is 1. The van der Waals surface area contributed by atoms with Gasteiger partial charge in [-0.25, -0.2) is 0 Å². The number of nitrogens with one attached hydrogen (secondary N) is 1. The third-order valence-electron chi connectivity index (χ3n) is 3.57. The molecule has 0 saturated carbocycles. The van der Waals surface area contributed by atoms with Crippen LogP contribution >= 0.6 is 22.6 Å². The van der Waals surface area contributed by atoms with Crippen molar-refractivity contribution in [1.82, 2.24) is 10.2 Å². The van der Waals surface area contributed by atoms with Crippen molar-refractivity contribution in [1.29, 1.82) is 0 Å². The van der Waals surface area contributed by atoms with Crippen molar-refractivity contribution in [2.45, 2.75) is 25.8 Å². The standard InChI is InChI=1S/C15H21IN2O2/c1-2-18-8-6-13(7-9-18)17-15(19)11-20-14-5-3-4-12(16)10-14/h3-5,10,13H,2,6-9,11H2,1H3,(H,17,19). The molecule has 4 nitrogen and oxygen atoms in total. The van der Waals surface area contributed by atoms with Gasteiger partial charge in [0.25, 0.3) is 5.91 Å². The lowest BCUT2D eigenvalue weighted by molar-refractivity contribution is -0.124. The number of hydrogen-bond donors (Lipinski definition) is 1. The minimum atomic E-state index is -0.0289. The van der Waals surface area contributed by atoms with Crippen molar-refractivity contribution in [2.24, 2.45) is 0 Å². The van der Waals surface area contributed by atoms with E-state index in [-0.39, 0.29) is 12.5 Å². The van der Waals surface area contributed by atoms with Gasteiger partial charge in [-0.1, -0.05) is 13.0 Å². The molecule has 0 radical (unpaired) electrons. The van der Waals surface area contributed by atoms with Crippen LogP contribution in [0.25, 0.3) is 0 Å². The molecule has 1 aromatic carbocycles. The number of hydrogen-bond acceptors (Lipinski definition) is 3. The van der Waals surface area contributed by atoms with Crippen LogP contribution in [0.5, 0.6) is 5.75 Å². The molecule has 1 aromatic rings. The molecule has 1 heterocycles. The van der Waals surface area contributed by atoms with Crippen LogP contribution < -0.4 is 10.1 Å². The van der Waals surface area contributed by atoms with Crippen LogP contribution in [0.2, 0.25) is 0 Å². The first-order valence-electron chi connectivity index (χ1n) is 7.07. The molecule has 1 aliphatic heterocycles. The van der Waals surface area contributed by atoms with Gasteiger partial charge >= 0.3 is 0 Å². The summed E-state index contributed by atoms with van der Waals surface area (Å²) in [5, 5.41) is 3.06. The Balaban J connectivity index is 1.71. The van der Waals surface area contributed by atoms with Gasteiger partial charge < -0.3 is 15.0 Å². The van der Waals surface area contributed by atoms with Crippen LogP contribution in [0.1, 0.15) is 19.8 Å². The molecule has 1 aliphatic rings. The van der Waals surface area contributed by atoms with Gasteiger partial charge in [-0.05, 0) is 60.2 Å². The number of carbonyl (C=O) groups excluding carboxylic acids is 1. The first-order valence-corrected chi connectivity index (χ1v) is 8.15. The predicted molar refractivity (Wildman–Crippen MR) is 87.9 cm³/mol. The lowest BCUT2D eigenvalue weighted by Crippen LogP contribution is -2.45. The molecule has 1 saturated heterocycles. The van der Waals surface area contributed by atoms with E-state index in [0.29, 0.717) is 6.04 Å². The third kappa shape index (κ3) is 4.94. The number of nitrogens with zero attached hydrogens (tertiary/aromatic N) is 1. The summed E-state index contributed by atoms with van der Waals surface area (Å²) in [7, 11) is 0. The topological polar surface area (TPSA) is 41.6 Å². The van der Waals surface area contributed by atoms with E-state index >= 15 is 0 Å². The lowest BCUT2D eigenvalue weighted by Gasteiger charge is -2.31. The van der Waals surface area contributed by atoms with Gasteiger partial charge in [0.2, 0.25) is 0 Å². The van der Waals surface area contributed by atoms with Crippen LogP contribution in [0.15, 0.2) is 24.3 Å². The smallest absolute Gasteiger partial charge is 0.258 e. The number of rotatable bonds is 5. The second kappa shape index (κ2) is 7.83. The summed E-state index contributed by atoms with van der Waals surface area (Å²) >= 11 is 2.23. The molecule has 0 aromatic heterocycles. The molecular formula is C15H21IN2O2. The Morgan fingerprint density at radius 3 is 2.85 bits per heavy atom. The molecule has 110 valence electrons. The van der Waals surface area contributed by atoms with E-state index in [1.807, 2.05) is 24.3 Å². The Morgan fingerprint density at radius 1 is 1.45 bits per heavy atom. The van der Waals surface area contributed by atoms with E-state index in [4.69, 9.17) is 4.74 Å². The Bertz CT molecular complexity index is 445.